The predicted octanol–water partition coefficient (Wildman–Crippen LogP) is -11.7. The minimum absolute atomic E-state index is 1.05. The molecule has 0 aromatic heterocycles. The van der Waals surface area contributed by atoms with Crippen LogP contribution in [0.25, 0.3) is 0 Å². The molecule has 5 aliphatic heterocycles. The maximum absolute atomic E-state index is 12.9. The molecule has 5 saturated heterocycles. The van der Waals surface area contributed by atoms with E-state index in [0.717, 1.165) is 14.2 Å². The number of carbonyl (C=O) groups is 2. The molecule has 516 valence electrons. The first-order chi connectivity index (χ1) is 40.0. The van der Waals surface area contributed by atoms with Gasteiger partial charge in [0.05, 0.1) is 31.9 Å². The molecule has 0 spiro atoms. The predicted molar refractivity (Wildman–Crippen MR) is 254 cm³/mol. The van der Waals surface area contributed by atoms with E-state index in [2.05, 4.69) is 29.3 Å². The van der Waals surface area contributed by atoms with Crippen molar-refractivity contribution in [2.45, 2.75) is 153 Å². The zero-order valence-corrected chi connectivity index (χ0v) is 49.0. The van der Waals surface area contributed by atoms with Gasteiger partial charge in [0, 0.05) is 14.2 Å². The molecule has 56 heteroatoms. The molecular weight excluding hydrogens is 1390 g/mol. The Balaban J connectivity index is 1.53. The zero-order chi connectivity index (χ0) is 66.9. The summed E-state index contributed by atoms with van der Waals surface area (Å²) in [4.78, 5) is 25.7. The molecular formula is C32H54N2O47S7. The minimum atomic E-state index is -6.16. The lowest BCUT2D eigenvalue weighted by molar-refractivity contribution is -0.373. The van der Waals surface area contributed by atoms with Gasteiger partial charge >= 0.3 is 84.7 Å². The number of rotatable bonds is 29. The van der Waals surface area contributed by atoms with E-state index in [0.29, 0.717) is 0 Å². The first kappa shape index (κ1) is 76.1. The Morgan fingerprint density at radius 1 is 0.364 bits per heavy atom. The molecule has 0 unspecified atom stereocenters. The van der Waals surface area contributed by atoms with E-state index < -0.39 is 258 Å². The second-order valence-corrected chi connectivity index (χ2v) is 25.7. The summed E-state index contributed by atoms with van der Waals surface area (Å²) in [7, 11) is -38.7. The van der Waals surface area contributed by atoms with E-state index in [1.165, 1.54) is 0 Å². The fraction of sp³-hybridized carbons (Fsp3) is 0.938. The molecule has 0 bridgehead atoms. The van der Waals surface area contributed by atoms with Crippen LogP contribution in [-0.2, 0) is 164 Å². The highest BCUT2D eigenvalue weighted by molar-refractivity contribution is 7.82. The molecule has 0 amide bonds. The summed E-state index contributed by atoms with van der Waals surface area (Å²) in [5.74, 6) is -4.59. The van der Waals surface area contributed by atoms with Gasteiger partial charge in [-0.1, -0.05) is 0 Å². The first-order valence-corrected chi connectivity index (χ1v) is 32.7. The van der Waals surface area contributed by atoms with Gasteiger partial charge in [-0.15, -0.1) is 0 Å². The molecule has 5 heterocycles. The number of aliphatic hydroxyl groups is 4. The van der Waals surface area contributed by atoms with Crippen molar-refractivity contribution in [3.63, 3.8) is 0 Å². The molecule has 0 aromatic carbocycles. The number of ether oxygens (including phenoxy) is 11. The van der Waals surface area contributed by atoms with Gasteiger partial charge in [-0.05, 0) is 0 Å². The van der Waals surface area contributed by atoms with Crippen molar-refractivity contribution in [3.05, 3.63) is 0 Å². The minimum Gasteiger partial charge on any atom is -0.479 e. The van der Waals surface area contributed by atoms with Gasteiger partial charge in [-0.3, -0.25) is 31.9 Å². The third kappa shape index (κ3) is 21.2. The molecule has 25 atom stereocenters. The van der Waals surface area contributed by atoms with Crippen LogP contribution in [0.5, 0.6) is 0 Å². The summed E-state index contributed by atoms with van der Waals surface area (Å²) in [6, 6.07) is -4.26. The normalized spacial score (nSPS) is 39.4. The Morgan fingerprint density at radius 2 is 0.693 bits per heavy atom. The maximum Gasteiger partial charge on any atom is 0.397 e. The summed E-state index contributed by atoms with van der Waals surface area (Å²) in [5.41, 5.74) is 12.4. The summed E-state index contributed by atoms with van der Waals surface area (Å²) in [5, 5.41) is 65.7. The lowest BCUT2D eigenvalue weighted by Gasteiger charge is -2.50. The molecule has 0 saturated carbocycles. The maximum atomic E-state index is 12.9. The monoisotopic (exact) mass is 1440 g/mol. The highest BCUT2D eigenvalue weighted by Crippen LogP contribution is 2.39. The van der Waals surface area contributed by atoms with Crippen molar-refractivity contribution in [1.82, 2.24) is 0 Å². The number of aliphatic hydroxyl groups excluding tert-OH is 4. The number of nitrogens with two attached hydrogens (primary N) is 2. The van der Waals surface area contributed by atoms with Gasteiger partial charge in [0.1, 0.15) is 85.5 Å². The molecule has 5 aliphatic rings. The van der Waals surface area contributed by atoms with Gasteiger partial charge < -0.3 is 94.2 Å². The lowest BCUT2D eigenvalue weighted by Crippen LogP contribution is -2.70. The van der Waals surface area contributed by atoms with Crippen LogP contribution in [0.4, 0.5) is 0 Å². The summed E-state index contributed by atoms with van der Waals surface area (Å²) in [6.07, 6.45) is -61.3. The summed E-state index contributed by atoms with van der Waals surface area (Å²) in [6.45, 7) is -4.63. The second kappa shape index (κ2) is 29.3. The van der Waals surface area contributed by atoms with Crippen LogP contribution < -0.4 is 11.5 Å². The third-order valence-corrected chi connectivity index (χ3v) is 15.5. The number of carboxylic acids is 2. The Hall–Kier alpha value is -2.65. The largest absolute Gasteiger partial charge is 0.479 e. The van der Waals surface area contributed by atoms with Crippen molar-refractivity contribution in [3.8, 4) is 0 Å². The Labute approximate surface area is 494 Å². The SMILES string of the molecule is CO[C@@H]1[C@@H](N)[C@@H](O[C@H]2[C@H](O)[C@@H](O)[C@H](O[C@H]3[C@H](OS(=O)(=O)O)[C@@H](N)[C@@H](O[C@H]4[C@H](O)[C@@H](OS(=O)(=O)O)[C@H](O[C@H]5[C@H](OS(=O)(=O)O)[C@@H](OS(=O)(=O)O)[C@@H](O)O[C@@H]5COS(=O)(=O)O)O[C@H]4C(=O)O)O[C@@H]3COS(=O)(=O)O)O[C@@H]2C(=O)O)O[C@H](COS(=O)(=O)O)[C@H]1OC. The molecule has 0 aliphatic carbocycles. The van der Waals surface area contributed by atoms with E-state index in [4.69, 9.17) is 68.1 Å². The van der Waals surface area contributed by atoms with Gasteiger partial charge in [0.2, 0.25) is 0 Å². The van der Waals surface area contributed by atoms with Crippen molar-refractivity contribution in [2.75, 3.05) is 34.0 Å². The second-order valence-electron chi connectivity index (χ2n) is 18.2. The number of aliphatic carboxylic acids is 2. The van der Waals surface area contributed by atoms with Crippen LogP contribution in [0.2, 0.25) is 0 Å². The Kier molecular flexibility index (Phi) is 25.4. The van der Waals surface area contributed by atoms with Gasteiger partial charge in [-0.2, -0.15) is 58.9 Å². The highest BCUT2D eigenvalue weighted by Gasteiger charge is 2.61. The molecule has 0 radical (unpaired) electrons. The Bertz CT molecular complexity index is 3230. The van der Waals surface area contributed by atoms with E-state index in [1.807, 2.05) is 0 Å². The average Bonchev–Trinajstić information content (AvgIpc) is 1.16. The van der Waals surface area contributed by atoms with Gasteiger partial charge in [0.15, 0.2) is 55.9 Å². The van der Waals surface area contributed by atoms with Gasteiger partial charge in [0.25, 0.3) is 0 Å². The zero-order valence-electron chi connectivity index (χ0n) is 43.3. The van der Waals surface area contributed by atoms with Crippen molar-refractivity contribution < 1.29 is 212 Å². The van der Waals surface area contributed by atoms with Crippen LogP contribution in [0, 0.1) is 0 Å². The van der Waals surface area contributed by atoms with Crippen LogP contribution in [0.15, 0.2) is 0 Å². The van der Waals surface area contributed by atoms with Crippen molar-refractivity contribution >= 4 is 84.7 Å². The molecule has 49 nitrogen and oxygen atoms in total. The average molecular weight is 1440 g/mol. The van der Waals surface area contributed by atoms with Crippen LogP contribution >= 0.6 is 0 Å². The Morgan fingerprint density at radius 3 is 1.10 bits per heavy atom. The van der Waals surface area contributed by atoms with E-state index in [-0.39, 0.29) is 0 Å². The van der Waals surface area contributed by atoms with Gasteiger partial charge in [-0.25, -0.2) is 38.9 Å². The third-order valence-electron chi connectivity index (χ3n) is 12.3. The molecule has 5 rings (SSSR count). The quantitative estimate of drug-likeness (QED) is 0.0309. The number of hydrogen-bond acceptors (Lipinski definition) is 40. The van der Waals surface area contributed by atoms with E-state index >= 15 is 0 Å². The molecule has 0 aromatic rings. The summed E-state index contributed by atoms with van der Waals surface area (Å²) < 4.78 is 322. The van der Waals surface area contributed by atoms with Crippen molar-refractivity contribution in [2.24, 2.45) is 11.5 Å². The number of methoxy groups -OCH3 is 2. The fourth-order valence-corrected chi connectivity index (χ4v) is 11.9. The molecule has 17 N–H and O–H groups in total. The highest BCUT2D eigenvalue weighted by atomic mass is 32.3. The topological polar surface area (TPSA) is 754 Å². The van der Waals surface area contributed by atoms with Crippen LogP contribution in [0.3, 0.4) is 0 Å². The van der Waals surface area contributed by atoms with Crippen LogP contribution in [-0.4, -0.2) is 321 Å². The molecule has 5 fully saturated rings. The number of carboxylic acid groups (broad SMARTS) is 2. The summed E-state index contributed by atoms with van der Waals surface area (Å²) >= 11 is 0. The van der Waals surface area contributed by atoms with E-state index in [9.17, 15) is 126 Å². The standard InChI is InChI=1S/C32H54N2O47S7/c1-64-14-6(3-66-82(43,44)45)70-29(9(33)17(14)65-2)74-19-11(35)12(36)31(76-23(19)26(38)39)72-15-8(5-68-84(49,50)51)71-30(10(34)18(15)78-85(52,53)54)75-20-13(37)21(79-86(55,56)57)32(77-24(20)27(40)41)73-16-7(4-67-83(46,47)48)69-28(42)25(81-88(61,62)63)22(16)80-87(58,59)60/h6-25,28-32,35-37,42H,3-5,33-34H2,1-2H3,(H,38,39)(H,40,41)(H,43,44,45)(H,46,47,48)(H,49,50,51)(H,52,53,54)(H,55,56,57)(H,58,59,60)(H,61,62,63)/t6-,7-,8-,9-,10-,11-,12-,13+,14-,15-,16-,17-,18-,19+,20+,21-,22+,23+,24-,25-,28+,29-,30-,31-,32-/m1/s1. The first-order valence-electron chi connectivity index (χ1n) is 23.1. The lowest BCUT2D eigenvalue weighted by atomic mass is 9.94. The van der Waals surface area contributed by atoms with Crippen LogP contribution in [0.1, 0.15) is 0 Å². The molecule has 88 heavy (non-hydrogen) atoms. The van der Waals surface area contributed by atoms with Crippen molar-refractivity contribution in [1.29, 1.82) is 0 Å². The fourth-order valence-electron chi connectivity index (χ4n) is 8.96. The smallest absolute Gasteiger partial charge is 0.397 e. The van der Waals surface area contributed by atoms with E-state index in [1.54, 1.807) is 0 Å². The number of hydrogen-bond donors (Lipinski definition) is 15.